The van der Waals surface area contributed by atoms with Gasteiger partial charge in [-0.05, 0) is 46.1 Å². The van der Waals surface area contributed by atoms with Gasteiger partial charge in [0.2, 0.25) is 5.91 Å². The van der Waals surface area contributed by atoms with Gasteiger partial charge in [0.1, 0.15) is 0 Å². The van der Waals surface area contributed by atoms with Gasteiger partial charge in [-0.1, -0.05) is 122 Å². The number of carbonyl (C=O) groups excluding carboxylic acids is 1. The number of unbranched alkanes of at least 4 members (excludes halogenated alkanes) is 7. The third-order valence-corrected chi connectivity index (χ3v) is 21.5. The number of hydrogen-bond donors (Lipinski definition) is 1. The maximum absolute atomic E-state index is 13.1. The van der Waals surface area contributed by atoms with Crippen LogP contribution in [0.25, 0.3) is 0 Å². The lowest BCUT2D eigenvalue weighted by Gasteiger charge is -2.44. The van der Waals surface area contributed by atoms with Crippen LogP contribution in [0.15, 0.2) is 0 Å². The Labute approximate surface area is 252 Å². The van der Waals surface area contributed by atoms with Crippen molar-refractivity contribution in [2.24, 2.45) is 0 Å². The molecular formula is C33H71NO4Si2. The zero-order valence-corrected chi connectivity index (χ0v) is 31.2. The van der Waals surface area contributed by atoms with Gasteiger partial charge in [-0.3, -0.25) is 4.79 Å². The highest BCUT2D eigenvalue weighted by Gasteiger charge is 2.47. The molecule has 0 aliphatic rings. The molecule has 0 heterocycles. The van der Waals surface area contributed by atoms with Crippen LogP contribution in [0.3, 0.4) is 0 Å². The monoisotopic (exact) mass is 601 g/mol. The van der Waals surface area contributed by atoms with Crippen molar-refractivity contribution >= 4 is 22.5 Å². The fraction of sp³-hybridized carbons (Fsp3) is 0.970. The van der Waals surface area contributed by atoms with Crippen molar-refractivity contribution < 1.29 is 18.4 Å². The first-order valence-corrected chi connectivity index (χ1v) is 21.0. The summed E-state index contributed by atoms with van der Waals surface area (Å²) in [6.45, 7) is 29.9. The molecule has 0 aromatic heterocycles. The second-order valence-corrected chi connectivity index (χ2v) is 25.0. The van der Waals surface area contributed by atoms with E-state index in [4.69, 9.17) is 13.6 Å². The molecule has 0 aromatic rings. The summed E-state index contributed by atoms with van der Waals surface area (Å²) in [5.74, 6) is 0.147. The van der Waals surface area contributed by atoms with Gasteiger partial charge in [-0.25, -0.2) is 0 Å². The van der Waals surface area contributed by atoms with E-state index in [0.717, 1.165) is 25.9 Å². The van der Waals surface area contributed by atoms with Crippen molar-refractivity contribution in [3.63, 3.8) is 0 Å². The lowest BCUT2D eigenvalue weighted by Crippen LogP contribution is -2.54. The van der Waals surface area contributed by atoms with Gasteiger partial charge in [0.15, 0.2) is 16.6 Å². The molecule has 0 unspecified atom stereocenters. The molecule has 0 bridgehead atoms. The maximum atomic E-state index is 13.1. The van der Waals surface area contributed by atoms with Crippen LogP contribution in [0.4, 0.5) is 0 Å². The molecule has 240 valence electrons. The normalized spacial score (nSPS) is 13.3. The third kappa shape index (κ3) is 12.6. The Bertz CT molecular complexity index is 573. The highest BCUT2D eigenvalue weighted by atomic mass is 28.4. The molecule has 0 spiro atoms. The molecule has 7 heteroatoms. The summed E-state index contributed by atoms with van der Waals surface area (Å²) < 4.78 is 19.1. The van der Waals surface area contributed by atoms with Crippen molar-refractivity contribution in [1.29, 1.82) is 0 Å². The fourth-order valence-corrected chi connectivity index (χ4v) is 18.5. The van der Waals surface area contributed by atoms with Crippen LogP contribution in [0.2, 0.25) is 33.2 Å². The summed E-state index contributed by atoms with van der Waals surface area (Å²) in [4.78, 5) is 13.1. The van der Waals surface area contributed by atoms with Crippen LogP contribution >= 0.6 is 0 Å². The van der Waals surface area contributed by atoms with Gasteiger partial charge in [0, 0.05) is 20.1 Å². The minimum Gasteiger partial charge on any atom is -0.414 e. The molecular weight excluding hydrogens is 531 g/mol. The Hall–Kier alpha value is -0.216. The maximum Gasteiger partial charge on any atom is 0.220 e. The Morgan fingerprint density at radius 1 is 0.550 bits per heavy atom. The summed E-state index contributed by atoms with van der Waals surface area (Å²) in [7, 11) is -2.31. The van der Waals surface area contributed by atoms with Crippen molar-refractivity contribution in [3.8, 4) is 0 Å². The molecule has 40 heavy (non-hydrogen) atoms. The van der Waals surface area contributed by atoms with E-state index < -0.39 is 16.6 Å². The largest absolute Gasteiger partial charge is 0.414 e. The predicted octanol–water partition coefficient (Wildman–Crippen LogP) is 10.0. The molecule has 0 saturated carbocycles. The van der Waals surface area contributed by atoms with E-state index in [9.17, 15) is 4.79 Å². The molecule has 1 N–H and O–H groups in total. The topological polar surface area (TPSA) is 56.8 Å². The number of hydrogen-bond acceptors (Lipinski definition) is 4. The van der Waals surface area contributed by atoms with E-state index in [1.54, 1.807) is 7.11 Å². The van der Waals surface area contributed by atoms with E-state index in [2.05, 4.69) is 88.4 Å². The van der Waals surface area contributed by atoms with Crippen LogP contribution < -0.4 is 5.32 Å². The zero-order valence-electron chi connectivity index (χ0n) is 29.2. The van der Waals surface area contributed by atoms with E-state index in [0.29, 0.717) is 52.9 Å². The number of rotatable bonds is 24. The molecule has 0 aromatic carbocycles. The molecule has 0 aliphatic heterocycles. The van der Waals surface area contributed by atoms with Crippen LogP contribution in [0, 0.1) is 0 Å². The van der Waals surface area contributed by atoms with Crippen LogP contribution in [0.5, 0.6) is 0 Å². The van der Waals surface area contributed by atoms with Gasteiger partial charge in [0.25, 0.3) is 0 Å². The second kappa shape index (κ2) is 20.6. The van der Waals surface area contributed by atoms with Crippen molar-refractivity contribution in [2.75, 3.05) is 26.9 Å². The quantitative estimate of drug-likeness (QED) is 0.0883. The third-order valence-electron chi connectivity index (χ3n) is 9.35. The first-order valence-electron chi connectivity index (χ1n) is 16.8. The number of nitrogens with one attached hydrogen (secondary N) is 1. The van der Waals surface area contributed by atoms with Gasteiger partial charge in [-0.15, -0.1) is 0 Å². The first kappa shape index (κ1) is 39.8. The fourth-order valence-electron chi connectivity index (χ4n) is 7.51. The molecule has 0 rings (SSSR count). The molecule has 0 radical (unpaired) electrons. The van der Waals surface area contributed by atoms with E-state index in [1.165, 1.54) is 32.1 Å². The summed E-state index contributed by atoms with van der Waals surface area (Å²) in [5, 5.41) is 3.37. The number of ether oxygens (including phenoxy) is 1. The van der Waals surface area contributed by atoms with Gasteiger partial charge in [0.05, 0.1) is 19.3 Å². The smallest absolute Gasteiger partial charge is 0.220 e. The van der Waals surface area contributed by atoms with Gasteiger partial charge >= 0.3 is 0 Å². The van der Waals surface area contributed by atoms with Crippen LogP contribution in [0.1, 0.15) is 141 Å². The molecule has 0 aliphatic carbocycles. The van der Waals surface area contributed by atoms with Crippen molar-refractivity contribution in [2.45, 2.75) is 180 Å². The number of carbonyl (C=O) groups is 1. The highest BCUT2D eigenvalue weighted by molar-refractivity contribution is 6.78. The van der Waals surface area contributed by atoms with Crippen molar-refractivity contribution in [1.82, 2.24) is 5.32 Å². The van der Waals surface area contributed by atoms with E-state index in [1.807, 2.05) is 0 Å². The zero-order chi connectivity index (χ0) is 30.9. The van der Waals surface area contributed by atoms with E-state index >= 15 is 0 Å². The molecule has 0 atom stereocenters. The Balaban J connectivity index is 5.30. The van der Waals surface area contributed by atoms with Crippen LogP contribution in [-0.4, -0.2) is 55.5 Å². The lowest BCUT2D eigenvalue weighted by atomic mass is 10.1. The first-order chi connectivity index (χ1) is 18.7. The minimum absolute atomic E-state index is 0.106. The van der Waals surface area contributed by atoms with E-state index in [-0.39, 0.29) is 11.9 Å². The molecule has 0 saturated heterocycles. The van der Waals surface area contributed by atoms with Gasteiger partial charge < -0.3 is 18.9 Å². The van der Waals surface area contributed by atoms with Gasteiger partial charge in [-0.2, -0.15) is 0 Å². The number of amides is 1. The predicted molar refractivity (Wildman–Crippen MR) is 179 cm³/mol. The second-order valence-electron chi connectivity index (χ2n) is 14.1. The number of methoxy groups -OCH3 is 1. The van der Waals surface area contributed by atoms with Crippen molar-refractivity contribution in [3.05, 3.63) is 0 Å². The van der Waals surface area contributed by atoms with Crippen LogP contribution in [-0.2, 0) is 18.4 Å². The average Bonchev–Trinajstić information content (AvgIpc) is 2.84. The minimum atomic E-state index is -2.04. The Morgan fingerprint density at radius 3 is 1.20 bits per heavy atom. The Kier molecular flexibility index (Phi) is 20.5. The standard InChI is InChI=1S/C33H71NO4Si2/c1-26(2)39(27(3)4,28(5)6)37-24-32(25-38-40(29(7)8,30(9)10)31(11)12)34-33(35)22-20-18-16-14-15-17-19-21-23-36-13/h26-32H,14-25H2,1-13H3,(H,34,35). The summed E-state index contributed by atoms with van der Waals surface area (Å²) in [6.07, 6.45) is 10.1. The Morgan fingerprint density at radius 2 is 0.875 bits per heavy atom. The summed E-state index contributed by atoms with van der Waals surface area (Å²) in [6, 6.07) is -0.106. The lowest BCUT2D eigenvalue weighted by molar-refractivity contribution is -0.122. The summed E-state index contributed by atoms with van der Waals surface area (Å²) >= 11 is 0. The average molecular weight is 602 g/mol. The molecule has 1 amide bonds. The molecule has 0 fully saturated rings. The summed E-state index contributed by atoms with van der Waals surface area (Å²) in [5.41, 5.74) is 3.08. The molecule has 5 nitrogen and oxygen atoms in total. The SMILES string of the molecule is COCCCCCCCCCCC(=O)NC(CO[Si](C(C)C)(C(C)C)C(C)C)CO[Si](C(C)C)(C(C)C)C(C)C. The highest BCUT2D eigenvalue weighted by Crippen LogP contribution is 2.43.